The Labute approximate surface area is 167 Å². The average molecular weight is 389 g/mol. The van der Waals surface area contributed by atoms with E-state index in [4.69, 9.17) is 4.74 Å². The van der Waals surface area contributed by atoms with Crippen LogP contribution in [0.5, 0.6) is 5.75 Å². The number of carbonyl (C=O) groups excluding carboxylic acids is 2. The van der Waals surface area contributed by atoms with E-state index in [1.807, 2.05) is 13.0 Å². The Morgan fingerprint density at radius 3 is 2.64 bits per heavy atom. The standard InChI is InChI=1S/C22H32N2O4/c1-15-12-16(4-5-19(15)25)13-23-20(26)17-8-11-24(14-17)21(27)28-18-6-9-22(2,3)10-7-18/h4-5,12,17-18,25H,6-11,13-14H2,1-3H3,(H,23,26)/t17-/m0/s1. The summed E-state index contributed by atoms with van der Waals surface area (Å²) in [6.45, 7) is 7.74. The number of likely N-dealkylation sites (tertiary alicyclic amines) is 1. The van der Waals surface area contributed by atoms with Crippen molar-refractivity contribution in [3.63, 3.8) is 0 Å². The Bertz CT molecular complexity index is 721. The van der Waals surface area contributed by atoms with E-state index in [-0.39, 0.29) is 29.8 Å². The van der Waals surface area contributed by atoms with Gasteiger partial charge in [0.2, 0.25) is 5.91 Å². The number of ether oxygens (including phenoxy) is 1. The van der Waals surface area contributed by atoms with Gasteiger partial charge in [-0.15, -0.1) is 0 Å². The predicted octanol–water partition coefficient (Wildman–Crippen LogP) is 3.74. The van der Waals surface area contributed by atoms with E-state index < -0.39 is 0 Å². The van der Waals surface area contributed by atoms with Crippen molar-refractivity contribution < 1.29 is 19.4 Å². The van der Waals surface area contributed by atoms with Crippen LogP contribution in [0.4, 0.5) is 4.79 Å². The quantitative estimate of drug-likeness (QED) is 0.823. The van der Waals surface area contributed by atoms with Gasteiger partial charge in [-0.2, -0.15) is 0 Å². The summed E-state index contributed by atoms with van der Waals surface area (Å²) >= 11 is 0. The molecule has 3 rings (SSSR count). The fourth-order valence-electron chi connectivity index (χ4n) is 4.01. The summed E-state index contributed by atoms with van der Waals surface area (Å²) in [6, 6.07) is 5.29. The number of benzene rings is 1. The third-order valence-electron chi connectivity index (χ3n) is 6.10. The molecule has 154 valence electrons. The summed E-state index contributed by atoms with van der Waals surface area (Å²) in [5.74, 6) is 0.0121. The van der Waals surface area contributed by atoms with Crippen LogP contribution in [-0.2, 0) is 16.1 Å². The van der Waals surface area contributed by atoms with Crippen LogP contribution >= 0.6 is 0 Å². The minimum atomic E-state index is -0.283. The van der Waals surface area contributed by atoms with Gasteiger partial charge in [-0.3, -0.25) is 4.79 Å². The zero-order chi connectivity index (χ0) is 20.3. The van der Waals surface area contributed by atoms with E-state index in [9.17, 15) is 14.7 Å². The summed E-state index contributed by atoms with van der Waals surface area (Å²) < 4.78 is 5.68. The second kappa shape index (κ2) is 8.41. The molecule has 28 heavy (non-hydrogen) atoms. The third kappa shape index (κ3) is 5.18. The summed E-state index contributed by atoms with van der Waals surface area (Å²) in [7, 11) is 0. The number of phenolic OH excluding ortho intramolecular Hbond substituents is 1. The summed E-state index contributed by atoms with van der Waals surface area (Å²) in [5.41, 5.74) is 2.07. The largest absolute Gasteiger partial charge is 0.508 e. The van der Waals surface area contributed by atoms with E-state index in [0.29, 0.717) is 31.5 Å². The van der Waals surface area contributed by atoms with Crippen LogP contribution in [0.15, 0.2) is 18.2 Å². The van der Waals surface area contributed by atoms with E-state index in [0.717, 1.165) is 36.8 Å². The molecule has 1 heterocycles. The third-order valence-corrected chi connectivity index (χ3v) is 6.10. The molecular weight excluding hydrogens is 356 g/mol. The lowest BCUT2D eigenvalue weighted by molar-refractivity contribution is -0.124. The highest BCUT2D eigenvalue weighted by Crippen LogP contribution is 2.36. The van der Waals surface area contributed by atoms with Crippen LogP contribution in [0, 0.1) is 18.3 Å². The van der Waals surface area contributed by atoms with E-state index in [1.165, 1.54) is 0 Å². The highest BCUT2D eigenvalue weighted by molar-refractivity contribution is 5.80. The molecule has 6 nitrogen and oxygen atoms in total. The molecule has 1 aromatic carbocycles. The van der Waals surface area contributed by atoms with Gasteiger partial charge in [0.25, 0.3) is 0 Å². The van der Waals surface area contributed by atoms with Crippen LogP contribution in [-0.4, -0.2) is 41.2 Å². The lowest BCUT2D eigenvalue weighted by Gasteiger charge is -2.34. The SMILES string of the molecule is Cc1cc(CNC(=O)[C@H]2CCN(C(=O)OC3CCC(C)(C)CC3)C2)ccc1O. The second-order valence-electron chi connectivity index (χ2n) is 9.02. The molecule has 0 aromatic heterocycles. The average Bonchev–Trinajstić information content (AvgIpc) is 3.14. The van der Waals surface area contributed by atoms with Crippen molar-refractivity contribution in [1.82, 2.24) is 10.2 Å². The molecule has 1 aliphatic carbocycles. The van der Waals surface area contributed by atoms with Gasteiger partial charge in [-0.05, 0) is 61.6 Å². The molecule has 1 atom stereocenters. The number of aromatic hydroxyl groups is 1. The van der Waals surface area contributed by atoms with Crippen molar-refractivity contribution in [1.29, 1.82) is 0 Å². The van der Waals surface area contributed by atoms with Gasteiger partial charge >= 0.3 is 6.09 Å². The van der Waals surface area contributed by atoms with Crippen LogP contribution < -0.4 is 5.32 Å². The minimum Gasteiger partial charge on any atom is -0.508 e. The fraction of sp³-hybridized carbons (Fsp3) is 0.636. The summed E-state index contributed by atoms with van der Waals surface area (Å²) in [4.78, 5) is 26.6. The minimum absolute atomic E-state index is 0.00568. The lowest BCUT2D eigenvalue weighted by atomic mass is 9.76. The van der Waals surface area contributed by atoms with Crippen molar-refractivity contribution in [2.24, 2.45) is 11.3 Å². The Morgan fingerprint density at radius 2 is 1.96 bits per heavy atom. The van der Waals surface area contributed by atoms with Crippen molar-refractivity contribution in [3.8, 4) is 5.75 Å². The van der Waals surface area contributed by atoms with Crippen LogP contribution in [0.25, 0.3) is 0 Å². The maximum absolute atomic E-state index is 12.5. The molecule has 1 saturated heterocycles. The highest BCUT2D eigenvalue weighted by atomic mass is 16.6. The van der Waals surface area contributed by atoms with Gasteiger partial charge in [-0.1, -0.05) is 26.0 Å². The van der Waals surface area contributed by atoms with Crippen LogP contribution in [0.2, 0.25) is 0 Å². The first kappa shape index (κ1) is 20.5. The molecule has 1 aliphatic heterocycles. The molecule has 2 N–H and O–H groups in total. The number of nitrogens with zero attached hydrogens (tertiary/aromatic N) is 1. The molecule has 2 fully saturated rings. The molecular formula is C22H32N2O4. The Balaban J connectivity index is 1.43. The number of carbonyl (C=O) groups is 2. The van der Waals surface area contributed by atoms with Crippen molar-refractivity contribution in [3.05, 3.63) is 29.3 Å². The molecule has 2 amide bonds. The van der Waals surface area contributed by atoms with Gasteiger partial charge in [-0.25, -0.2) is 4.79 Å². The maximum atomic E-state index is 12.5. The van der Waals surface area contributed by atoms with Gasteiger partial charge in [0, 0.05) is 19.6 Å². The van der Waals surface area contributed by atoms with Gasteiger partial charge in [0.1, 0.15) is 11.9 Å². The number of rotatable bonds is 4. The first-order valence-electron chi connectivity index (χ1n) is 10.3. The molecule has 0 bridgehead atoms. The first-order chi connectivity index (χ1) is 13.2. The molecule has 0 spiro atoms. The van der Waals surface area contributed by atoms with Gasteiger partial charge in [0.05, 0.1) is 5.92 Å². The Hall–Kier alpha value is -2.24. The van der Waals surface area contributed by atoms with E-state index >= 15 is 0 Å². The van der Waals surface area contributed by atoms with Crippen molar-refractivity contribution in [2.45, 2.75) is 65.5 Å². The summed E-state index contributed by atoms with van der Waals surface area (Å²) in [6.07, 6.45) is 4.37. The fourth-order valence-corrected chi connectivity index (χ4v) is 4.01. The van der Waals surface area contributed by atoms with Gasteiger partial charge in [0.15, 0.2) is 0 Å². The number of nitrogens with one attached hydrogen (secondary N) is 1. The second-order valence-corrected chi connectivity index (χ2v) is 9.02. The van der Waals surface area contributed by atoms with Crippen LogP contribution in [0.1, 0.15) is 57.1 Å². The first-order valence-corrected chi connectivity index (χ1v) is 10.3. The molecule has 1 aromatic rings. The van der Waals surface area contributed by atoms with Crippen molar-refractivity contribution in [2.75, 3.05) is 13.1 Å². The number of aryl methyl sites for hydroxylation is 1. The van der Waals surface area contributed by atoms with E-state index in [1.54, 1.807) is 17.0 Å². The van der Waals surface area contributed by atoms with Crippen molar-refractivity contribution >= 4 is 12.0 Å². The lowest BCUT2D eigenvalue weighted by Crippen LogP contribution is -2.37. The number of hydrogen-bond acceptors (Lipinski definition) is 4. The summed E-state index contributed by atoms with van der Waals surface area (Å²) in [5, 5.41) is 12.5. The predicted molar refractivity (Wildman–Crippen MR) is 107 cm³/mol. The molecule has 0 unspecified atom stereocenters. The zero-order valence-corrected chi connectivity index (χ0v) is 17.2. The highest BCUT2D eigenvalue weighted by Gasteiger charge is 2.34. The monoisotopic (exact) mass is 388 g/mol. The number of phenols is 1. The molecule has 0 radical (unpaired) electrons. The molecule has 6 heteroatoms. The topological polar surface area (TPSA) is 78.9 Å². The normalized spacial score (nSPS) is 22.1. The molecule has 1 saturated carbocycles. The molecule has 2 aliphatic rings. The Kier molecular flexibility index (Phi) is 6.16. The Morgan fingerprint density at radius 1 is 1.25 bits per heavy atom. The number of hydrogen-bond donors (Lipinski definition) is 2. The van der Waals surface area contributed by atoms with E-state index in [2.05, 4.69) is 19.2 Å². The zero-order valence-electron chi connectivity index (χ0n) is 17.2. The smallest absolute Gasteiger partial charge is 0.410 e. The maximum Gasteiger partial charge on any atom is 0.410 e. The van der Waals surface area contributed by atoms with Gasteiger partial charge < -0.3 is 20.1 Å². The van der Waals surface area contributed by atoms with Crippen LogP contribution in [0.3, 0.4) is 0 Å². The number of amides is 2.